The third kappa shape index (κ3) is 6.34. The molecule has 0 saturated carbocycles. The third-order valence-corrected chi connectivity index (χ3v) is 18.9. The molecule has 0 aliphatic rings. The van der Waals surface area contributed by atoms with Gasteiger partial charge in [-0.05, 0) is 62.5 Å². The van der Waals surface area contributed by atoms with Crippen LogP contribution in [-0.4, -0.2) is 8.32 Å². The van der Waals surface area contributed by atoms with E-state index in [9.17, 15) is 0 Å². The van der Waals surface area contributed by atoms with Crippen molar-refractivity contribution < 1.29 is 4.43 Å². The lowest BCUT2D eigenvalue weighted by atomic mass is 10.0. The SMILES string of the molecule is CC(C)[Si](OCc1ccccc1)(c1sc(-c2sc(-c3sccc3-c3ccccc3)cc2-c2ccccc2)cc1-c1ccccc1)C(C)C. The van der Waals surface area contributed by atoms with E-state index in [1.165, 1.54) is 63.0 Å². The van der Waals surface area contributed by atoms with E-state index >= 15 is 0 Å². The van der Waals surface area contributed by atoms with Gasteiger partial charge in [0.25, 0.3) is 0 Å². The first-order valence-electron chi connectivity index (χ1n) is 16.7. The zero-order valence-corrected chi connectivity index (χ0v) is 31.3. The van der Waals surface area contributed by atoms with Gasteiger partial charge in [0, 0.05) is 25.4 Å². The average molecular weight is 697 g/mol. The molecule has 0 spiro atoms. The number of benzene rings is 4. The van der Waals surface area contributed by atoms with Gasteiger partial charge in [0.1, 0.15) is 0 Å². The largest absolute Gasteiger partial charge is 0.407 e. The Morgan fingerprint density at radius 2 is 1.00 bits per heavy atom. The van der Waals surface area contributed by atoms with Crippen molar-refractivity contribution in [2.75, 3.05) is 0 Å². The molecule has 0 fully saturated rings. The minimum Gasteiger partial charge on any atom is -0.407 e. The zero-order valence-electron chi connectivity index (χ0n) is 27.9. The van der Waals surface area contributed by atoms with Gasteiger partial charge in [-0.2, -0.15) is 0 Å². The van der Waals surface area contributed by atoms with Crippen LogP contribution in [0.5, 0.6) is 0 Å². The Bertz CT molecular complexity index is 2070. The second-order valence-electron chi connectivity index (χ2n) is 12.8. The van der Waals surface area contributed by atoms with E-state index in [0.717, 1.165) is 0 Å². The number of thiophene rings is 3. The molecule has 3 aromatic heterocycles. The molecule has 240 valence electrons. The molecule has 0 atom stereocenters. The summed E-state index contributed by atoms with van der Waals surface area (Å²) in [5.41, 5.74) is 9.70. The second kappa shape index (κ2) is 14.3. The molecule has 4 aromatic carbocycles. The molecule has 7 rings (SSSR count). The lowest BCUT2D eigenvalue weighted by Gasteiger charge is -2.39. The minimum absolute atomic E-state index is 0.391. The summed E-state index contributed by atoms with van der Waals surface area (Å²) in [6.07, 6.45) is 0. The number of rotatable bonds is 11. The van der Waals surface area contributed by atoms with Crippen molar-refractivity contribution in [3.8, 4) is 52.9 Å². The first kappa shape index (κ1) is 32.7. The first-order chi connectivity index (χ1) is 23.5. The van der Waals surface area contributed by atoms with Crippen molar-refractivity contribution in [3.05, 3.63) is 150 Å². The van der Waals surface area contributed by atoms with Crippen molar-refractivity contribution in [2.24, 2.45) is 0 Å². The lowest BCUT2D eigenvalue weighted by molar-refractivity contribution is 0.283. The van der Waals surface area contributed by atoms with Crippen LogP contribution in [0.2, 0.25) is 11.1 Å². The van der Waals surface area contributed by atoms with Crippen LogP contribution >= 0.6 is 34.0 Å². The Kier molecular flexibility index (Phi) is 9.76. The van der Waals surface area contributed by atoms with E-state index in [1.807, 2.05) is 34.0 Å². The molecule has 0 radical (unpaired) electrons. The minimum atomic E-state index is -2.52. The Hall–Kier alpha value is -3.84. The van der Waals surface area contributed by atoms with E-state index in [2.05, 4.69) is 173 Å². The monoisotopic (exact) mass is 696 g/mol. The smallest absolute Gasteiger partial charge is 0.240 e. The highest BCUT2D eigenvalue weighted by molar-refractivity contribution is 7.32. The molecular weight excluding hydrogens is 657 g/mol. The maximum atomic E-state index is 7.33. The lowest BCUT2D eigenvalue weighted by Crippen LogP contribution is -2.55. The van der Waals surface area contributed by atoms with Crippen molar-refractivity contribution >= 4 is 46.8 Å². The van der Waals surface area contributed by atoms with Crippen molar-refractivity contribution in [1.82, 2.24) is 0 Å². The summed E-state index contributed by atoms with van der Waals surface area (Å²) in [6, 6.07) is 50.5. The number of hydrogen-bond acceptors (Lipinski definition) is 4. The summed E-state index contributed by atoms with van der Waals surface area (Å²) in [5.74, 6) is 0. The molecular formula is C43H40OS3Si. The Labute approximate surface area is 298 Å². The van der Waals surface area contributed by atoms with E-state index in [-0.39, 0.29) is 0 Å². The van der Waals surface area contributed by atoms with E-state index in [1.54, 1.807) is 0 Å². The molecule has 0 unspecified atom stereocenters. The van der Waals surface area contributed by atoms with Crippen LogP contribution in [0.4, 0.5) is 0 Å². The predicted molar refractivity (Wildman–Crippen MR) is 214 cm³/mol. The van der Waals surface area contributed by atoms with Crippen LogP contribution in [0.1, 0.15) is 33.3 Å². The van der Waals surface area contributed by atoms with E-state index in [4.69, 9.17) is 4.43 Å². The van der Waals surface area contributed by atoms with Gasteiger partial charge in [0.2, 0.25) is 8.32 Å². The average Bonchev–Trinajstić information content (AvgIpc) is 3.89. The summed E-state index contributed by atoms with van der Waals surface area (Å²) in [5, 5.41) is 2.23. The summed E-state index contributed by atoms with van der Waals surface area (Å²) in [4.78, 5) is 5.29. The summed E-state index contributed by atoms with van der Waals surface area (Å²) >= 11 is 5.73. The van der Waals surface area contributed by atoms with Gasteiger partial charge in [-0.15, -0.1) is 34.0 Å². The van der Waals surface area contributed by atoms with Crippen LogP contribution in [0.15, 0.2) is 145 Å². The molecule has 3 heterocycles. The summed E-state index contributed by atoms with van der Waals surface area (Å²) in [6.45, 7) is 10.2. The van der Waals surface area contributed by atoms with Gasteiger partial charge < -0.3 is 4.43 Å². The van der Waals surface area contributed by atoms with E-state index < -0.39 is 8.32 Å². The van der Waals surface area contributed by atoms with Crippen molar-refractivity contribution in [3.63, 3.8) is 0 Å². The Balaban J connectivity index is 1.43. The fraction of sp³-hybridized carbons (Fsp3) is 0.163. The molecule has 0 amide bonds. The van der Waals surface area contributed by atoms with Crippen LogP contribution in [0.3, 0.4) is 0 Å². The zero-order chi connectivity index (χ0) is 33.1. The van der Waals surface area contributed by atoms with Crippen molar-refractivity contribution in [2.45, 2.75) is 45.4 Å². The summed E-state index contributed by atoms with van der Waals surface area (Å²) < 4.78 is 8.78. The third-order valence-electron chi connectivity index (χ3n) is 9.22. The van der Waals surface area contributed by atoms with Crippen LogP contribution in [0, 0.1) is 0 Å². The molecule has 5 heteroatoms. The normalized spacial score (nSPS) is 11.9. The fourth-order valence-electron chi connectivity index (χ4n) is 6.86. The van der Waals surface area contributed by atoms with E-state index in [0.29, 0.717) is 17.7 Å². The molecule has 0 aliphatic heterocycles. The van der Waals surface area contributed by atoms with Gasteiger partial charge in [-0.1, -0.05) is 149 Å². The van der Waals surface area contributed by atoms with Gasteiger partial charge in [-0.25, -0.2) is 0 Å². The molecule has 0 aliphatic carbocycles. The molecule has 7 aromatic rings. The maximum absolute atomic E-state index is 7.33. The standard InChI is InChI=1S/C43H40OS3Si/c1-30(2)48(31(3)4,44-29-32-17-9-5-10-18-32)43-38(35-23-15-8-16-24-35)28-40(47-43)42-37(34-21-13-7-14-22-34)27-39(46-42)41-36(25-26-45-41)33-19-11-6-12-20-33/h5-28,30-31H,29H2,1-4H3. The number of hydrogen-bond donors (Lipinski definition) is 0. The quantitative estimate of drug-likeness (QED) is 0.122. The highest BCUT2D eigenvalue weighted by Crippen LogP contribution is 2.50. The topological polar surface area (TPSA) is 9.23 Å². The maximum Gasteiger partial charge on any atom is 0.240 e. The summed E-state index contributed by atoms with van der Waals surface area (Å²) in [7, 11) is -2.52. The second-order valence-corrected chi connectivity index (χ2v) is 20.9. The Morgan fingerprint density at radius 3 is 1.56 bits per heavy atom. The van der Waals surface area contributed by atoms with Crippen LogP contribution < -0.4 is 4.50 Å². The highest BCUT2D eigenvalue weighted by Gasteiger charge is 2.47. The van der Waals surface area contributed by atoms with Crippen molar-refractivity contribution in [1.29, 1.82) is 0 Å². The van der Waals surface area contributed by atoms with Crippen LogP contribution in [0.25, 0.3) is 52.9 Å². The highest BCUT2D eigenvalue weighted by atomic mass is 32.1. The molecule has 0 saturated heterocycles. The van der Waals surface area contributed by atoms with Gasteiger partial charge in [-0.3, -0.25) is 0 Å². The molecule has 0 N–H and O–H groups in total. The van der Waals surface area contributed by atoms with Gasteiger partial charge in [0.05, 0.1) is 16.4 Å². The van der Waals surface area contributed by atoms with Gasteiger partial charge >= 0.3 is 0 Å². The van der Waals surface area contributed by atoms with Gasteiger partial charge in [0.15, 0.2) is 0 Å². The predicted octanol–water partition coefficient (Wildman–Crippen LogP) is 13.4. The van der Waals surface area contributed by atoms with Crippen LogP contribution in [-0.2, 0) is 11.0 Å². The Morgan fingerprint density at radius 1 is 0.521 bits per heavy atom. The molecule has 0 bridgehead atoms. The molecule has 1 nitrogen and oxygen atoms in total. The fourth-order valence-corrected chi connectivity index (χ4v) is 16.9. The first-order valence-corrected chi connectivity index (χ1v) is 21.2. The molecule has 48 heavy (non-hydrogen) atoms.